The summed E-state index contributed by atoms with van der Waals surface area (Å²) in [5, 5.41) is 18.9. The molecule has 2 aromatic carbocycles. The van der Waals surface area contributed by atoms with Crippen molar-refractivity contribution < 1.29 is 19.0 Å². The van der Waals surface area contributed by atoms with Crippen LogP contribution in [0.1, 0.15) is 57.8 Å². The van der Waals surface area contributed by atoms with Crippen molar-refractivity contribution in [1.29, 1.82) is 0 Å². The van der Waals surface area contributed by atoms with Crippen molar-refractivity contribution >= 4 is 44.5 Å². The molecule has 0 saturated carbocycles. The van der Waals surface area contributed by atoms with Crippen LogP contribution in [0.25, 0.3) is 10.2 Å². The van der Waals surface area contributed by atoms with Crippen LogP contribution in [0.4, 0.5) is 10.1 Å². The number of H-pyrrole nitrogens is 1. The molecule has 13 heteroatoms. The number of rotatable bonds is 11. The molecule has 1 amide bonds. The van der Waals surface area contributed by atoms with E-state index in [0.29, 0.717) is 60.6 Å². The van der Waals surface area contributed by atoms with Crippen molar-refractivity contribution in [3.63, 3.8) is 0 Å². The maximum atomic E-state index is 14.7. The fraction of sp³-hybridized carbons (Fsp3) is 0.455. The minimum Gasteiger partial charge on any atom is -0.387 e. The number of amides is 1. The molecule has 2 fully saturated rings. The zero-order valence-electron chi connectivity index (χ0n) is 25.7. The van der Waals surface area contributed by atoms with Crippen LogP contribution in [0.3, 0.4) is 0 Å². The molecule has 3 N–H and O–H groups in total. The van der Waals surface area contributed by atoms with Crippen LogP contribution in [-0.2, 0) is 24.1 Å². The van der Waals surface area contributed by atoms with Crippen molar-refractivity contribution in [2.24, 2.45) is 5.18 Å². The molecule has 2 aromatic heterocycles. The third-order valence-electron chi connectivity index (χ3n) is 9.02. The van der Waals surface area contributed by atoms with E-state index in [4.69, 9.17) is 4.74 Å². The Kier molecular flexibility index (Phi) is 10.1. The molecule has 244 valence electrons. The molecule has 4 aromatic rings. The quantitative estimate of drug-likeness (QED) is 0.150. The van der Waals surface area contributed by atoms with E-state index in [2.05, 4.69) is 27.3 Å². The molecule has 2 saturated heterocycles. The number of carbonyl (C=O) groups excluding carboxylic acids is 1. The van der Waals surface area contributed by atoms with Gasteiger partial charge in [-0.25, -0.2) is 4.39 Å². The number of hydrogen-bond donors (Lipinski definition) is 3. The van der Waals surface area contributed by atoms with Gasteiger partial charge < -0.3 is 25.0 Å². The number of morpholine rings is 1. The second kappa shape index (κ2) is 14.2. The molecule has 0 radical (unpaired) electrons. The van der Waals surface area contributed by atoms with Crippen molar-refractivity contribution in [3.8, 4) is 0 Å². The molecule has 0 aliphatic carbocycles. The summed E-state index contributed by atoms with van der Waals surface area (Å²) in [5.41, 5.74) is 3.06. The lowest BCUT2D eigenvalue weighted by Gasteiger charge is -2.47. The molecule has 0 bridgehead atoms. The van der Waals surface area contributed by atoms with Gasteiger partial charge in [-0.15, -0.1) is 16.2 Å². The number of hydrogen-bond acceptors (Lipinski definition) is 10. The van der Waals surface area contributed by atoms with Crippen LogP contribution >= 0.6 is 22.7 Å². The number of benzene rings is 2. The number of aliphatic hydroxyl groups is 1. The standard InChI is InChI=1S/C33H38FN5O5S2/c1-2-24-16-23(19-45-24)31(41)39-13-14-44-33(20-39)8-11-38(12-9-33)18-21-3-5-26(34)22(15-21)7-10-35-17-28(40)25-4-6-27(37-43)29-30(25)46-32(42)36-29/h3-6,15-16,19,28,35,40H,2,7-14,17-18,20H2,1H3,(H,36,42). The van der Waals surface area contributed by atoms with E-state index >= 15 is 0 Å². The Labute approximate surface area is 274 Å². The number of aromatic amines is 1. The van der Waals surface area contributed by atoms with Gasteiger partial charge in [0.05, 0.1) is 40.6 Å². The fourth-order valence-electron chi connectivity index (χ4n) is 6.43. The largest absolute Gasteiger partial charge is 0.387 e. The van der Waals surface area contributed by atoms with Gasteiger partial charge in [-0.1, -0.05) is 36.5 Å². The zero-order chi connectivity index (χ0) is 32.3. The summed E-state index contributed by atoms with van der Waals surface area (Å²) in [4.78, 5) is 43.9. The Bertz CT molecular complexity index is 1760. The zero-order valence-corrected chi connectivity index (χ0v) is 27.4. The second-order valence-corrected chi connectivity index (χ2v) is 14.0. The summed E-state index contributed by atoms with van der Waals surface area (Å²) in [6.45, 7) is 6.88. The van der Waals surface area contributed by atoms with E-state index in [0.717, 1.165) is 54.8 Å². The average molecular weight is 668 g/mol. The number of aromatic nitrogens is 1. The predicted molar refractivity (Wildman–Crippen MR) is 179 cm³/mol. The normalized spacial score (nSPS) is 17.5. The number of likely N-dealkylation sites (tertiary alicyclic amines) is 1. The Morgan fingerprint density at radius 3 is 2.80 bits per heavy atom. The van der Waals surface area contributed by atoms with Gasteiger partial charge >= 0.3 is 4.87 Å². The van der Waals surface area contributed by atoms with Crippen LogP contribution in [0.2, 0.25) is 0 Å². The lowest BCUT2D eigenvalue weighted by molar-refractivity contribution is -0.127. The third-order valence-corrected chi connectivity index (χ3v) is 11.0. The summed E-state index contributed by atoms with van der Waals surface area (Å²) in [6.07, 6.45) is 2.12. The lowest BCUT2D eigenvalue weighted by Crippen LogP contribution is -2.57. The van der Waals surface area contributed by atoms with E-state index < -0.39 is 6.10 Å². The first kappa shape index (κ1) is 32.6. The highest BCUT2D eigenvalue weighted by molar-refractivity contribution is 7.16. The van der Waals surface area contributed by atoms with Crippen LogP contribution in [0, 0.1) is 10.7 Å². The number of nitrogens with one attached hydrogen (secondary N) is 2. The molecule has 10 nitrogen and oxygen atoms in total. The molecule has 46 heavy (non-hydrogen) atoms. The second-order valence-electron chi connectivity index (χ2n) is 12.1. The lowest BCUT2D eigenvalue weighted by atomic mass is 9.89. The minimum absolute atomic E-state index is 0.0889. The van der Waals surface area contributed by atoms with Gasteiger partial charge in [-0.05, 0) is 66.7 Å². The van der Waals surface area contributed by atoms with Gasteiger partial charge in [-0.3, -0.25) is 14.5 Å². The van der Waals surface area contributed by atoms with E-state index in [1.165, 1.54) is 17.0 Å². The number of nitroso groups, excluding NO2 is 1. The number of nitrogens with zero attached hydrogens (tertiary/aromatic N) is 3. The Hall–Kier alpha value is -3.33. The van der Waals surface area contributed by atoms with Gasteiger partial charge in [0.1, 0.15) is 11.5 Å². The van der Waals surface area contributed by atoms with Crippen molar-refractivity contribution in [1.82, 2.24) is 20.1 Å². The third kappa shape index (κ3) is 7.14. The van der Waals surface area contributed by atoms with Crippen molar-refractivity contribution in [2.75, 3.05) is 45.9 Å². The number of thiazole rings is 1. The molecule has 1 unspecified atom stereocenters. The number of ether oxygens (including phenoxy) is 1. The highest BCUT2D eigenvalue weighted by atomic mass is 32.1. The first-order chi connectivity index (χ1) is 22.3. The van der Waals surface area contributed by atoms with Gasteiger partial charge in [0.25, 0.3) is 5.91 Å². The summed E-state index contributed by atoms with van der Waals surface area (Å²) in [7, 11) is 0. The number of halogens is 1. The maximum absolute atomic E-state index is 14.7. The molecule has 1 atom stereocenters. The SMILES string of the molecule is CCc1cc(C(=O)N2CCOC3(CCN(Cc4ccc(F)c(CCNCC(O)c5ccc(N=O)c6[nH]c(=O)sc56)c4)CC3)C2)cs1. The monoisotopic (exact) mass is 667 g/mol. The fourth-order valence-corrected chi connectivity index (χ4v) is 8.15. The molecule has 1 spiro atoms. The van der Waals surface area contributed by atoms with Crippen LogP contribution in [0.15, 0.2) is 51.7 Å². The van der Waals surface area contributed by atoms with E-state index in [-0.39, 0.29) is 34.4 Å². The van der Waals surface area contributed by atoms with Crippen LogP contribution in [0.5, 0.6) is 0 Å². The average Bonchev–Trinajstić information content (AvgIpc) is 3.71. The molecule has 2 aliphatic rings. The van der Waals surface area contributed by atoms with Gasteiger partial charge in [0.2, 0.25) is 0 Å². The van der Waals surface area contributed by atoms with E-state index in [9.17, 15) is 24.0 Å². The Balaban J connectivity index is 0.992. The first-order valence-electron chi connectivity index (χ1n) is 15.7. The minimum atomic E-state index is -0.920. The Morgan fingerprint density at radius 2 is 2.04 bits per heavy atom. The molecule has 2 aliphatic heterocycles. The summed E-state index contributed by atoms with van der Waals surface area (Å²) >= 11 is 2.56. The first-order valence-corrected chi connectivity index (χ1v) is 17.4. The van der Waals surface area contributed by atoms with Crippen LogP contribution < -0.4 is 10.2 Å². The summed E-state index contributed by atoms with van der Waals surface area (Å²) in [6, 6.07) is 10.3. The highest BCUT2D eigenvalue weighted by Gasteiger charge is 2.41. The maximum Gasteiger partial charge on any atom is 0.305 e. The molecule has 6 rings (SSSR count). The van der Waals surface area contributed by atoms with Gasteiger partial charge in [0.15, 0.2) is 0 Å². The van der Waals surface area contributed by atoms with Gasteiger partial charge in [0, 0.05) is 48.5 Å². The number of fused-ring (bicyclic) bond motifs is 1. The van der Waals surface area contributed by atoms with Gasteiger partial charge in [-0.2, -0.15) is 0 Å². The van der Waals surface area contributed by atoms with E-state index in [1.807, 2.05) is 28.5 Å². The number of aryl methyl sites for hydroxylation is 1. The summed E-state index contributed by atoms with van der Waals surface area (Å²) in [5.74, 6) is -0.178. The number of aliphatic hydroxyl groups excluding tert-OH is 1. The smallest absolute Gasteiger partial charge is 0.305 e. The predicted octanol–water partition coefficient (Wildman–Crippen LogP) is 5.12. The number of thiophene rings is 1. The van der Waals surface area contributed by atoms with Crippen molar-refractivity contribution in [3.05, 3.63) is 89.3 Å². The topological polar surface area (TPSA) is 127 Å². The molecule has 4 heterocycles. The van der Waals surface area contributed by atoms with E-state index in [1.54, 1.807) is 17.4 Å². The summed E-state index contributed by atoms with van der Waals surface area (Å²) < 4.78 is 21.5. The highest BCUT2D eigenvalue weighted by Crippen LogP contribution is 2.33. The number of piperidine rings is 1. The molecular weight excluding hydrogens is 630 g/mol. The Morgan fingerprint density at radius 1 is 1.22 bits per heavy atom. The molecular formula is C33H38FN5O5S2. The van der Waals surface area contributed by atoms with Crippen LogP contribution in [-0.4, -0.2) is 77.3 Å². The number of carbonyl (C=O) groups is 1. The van der Waals surface area contributed by atoms with Crippen molar-refractivity contribution in [2.45, 2.75) is 50.9 Å².